The summed E-state index contributed by atoms with van der Waals surface area (Å²) >= 11 is 0. The van der Waals surface area contributed by atoms with Gasteiger partial charge in [-0.05, 0) is 71.5 Å². The number of unbranched alkanes of at least 4 members (excludes halogenated alkanes) is 1. The van der Waals surface area contributed by atoms with Crippen LogP contribution in [0.4, 0.5) is 4.39 Å². The average molecular weight is 352 g/mol. The van der Waals surface area contributed by atoms with Crippen LogP contribution in [-0.4, -0.2) is 56.7 Å². The number of ether oxygens (including phenoxy) is 1. The molecule has 1 rings (SSSR count). The zero-order valence-electron chi connectivity index (χ0n) is 16.2. The Morgan fingerprint density at radius 3 is 2.44 bits per heavy atom. The van der Waals surface area contributed by atoms with Crippen LogP contribution in [-0.2, 0) is 0 Å². The first kappa shape index (κ1) is 21.2. The molecule has 0 fully saturated rings. The third-order valence-corrected chi connectivity index (χ3v) is 4.04. The number of hydrogen-bond donors (Lipinski definition) is 2. The van der Waals surface area contributed by atoms with Crippen LogP contribution in [0.25, 0.3) is 0 Å². The Kier molecular flexibility index (Phi) is 9.92. The highest BCUT2D eigenvalue weighted by molar-refractivity contribution is 5.79. The molecule has 0 bridgehead atoms. The van der Waals surface area contributed by atoms with Crippen molar-refractivity contribution in [2.75, 3.05) is 33.7 Å². The van der Waals surface area contributed by atoms with Crippen LogP contribution in [0.15, 0.2) is 29.3 Å². The predicted octanol–water partition coefficient (Wildman–Crippen LogP) is 2.88. The fraction of sp³-hybridized carbons (Fsp3) is 0.632. The highest BCUT2D eigenvalue weighted by Gasteiger charge is 2.06. The molecule has 142 valence electrons. The van der Waals surface area contributed by atoms with Crippen molar-refractivity contribution in [1.82, 2.24) is 15.5 Å². The molecule has 5 nitrogen and oxygen atoms in total. The fourth-order valence-electron chi connectivity index (χ4n) is 2.20. The van der Waals surface area contributed by atoms with Gasteiger partial charge in [-0.15, -0.1) is 0 Å². The second-order valence-electron chi connectivity index (χ2n) is 6.54. The van der Waals surface area contributed by atoms with Gasteiger partial charge in [-0.2, -0.15) is 0 Å². The Bertz CT molecular complexity index is 505. The molecule has 0 heterocycles. The molecule has 2 N–H and O–H groups in total. The third kappa shape index (κ3) is 9.29. The summed E-state index contributed by atoms with van der Waals surface area (Å²) in [6, 6.07) is 6.64. The van der Waals surface area contributed by atoms with Gasteiger partial charge in [0.25, 0.3) is 0 Å². The largest absolute Gasteiger partial charge is 0.489 e. The second kappa shape index (κ2) is 11.7. The average Bonchev–Trinajstić information content (AvgIpc) is 2.59. The lowest BCUT2D eigenvalue weighted by Crippen LogP contribution is -2.42. The maximum atomic E-state index is 12.9. The van der Waals surface area contributed by atoms with Crippen molar-refractivity contribution in [1.29, 1.82) is 0 Å². The van der Waals surface area contributed by atoms with Crippen molar-refractivity contribution in [3.63, 3.8) is 0 Å². The summed E-state index contributed by atoms with van der Waals surface area (Å²) in [7, 11) is 3.91. The van der Waals surface area contributed by atoms with Crippen LogP contribution in [0, 0.1) is 5.82 Å². The zero-order valence-corrected chi connectivity index (χ0v) is 16.2. The van der Waals surface area contributed by atoms with Crippen molar-refractivity contribution in [2.45, 2.75) is 45.8 Å². The van der Waals surface area contributed by atoms with E-state index in [0.29, 0.717) is 18.3 Å². The van der Waals surface area contributed by atoms with Gasteiger partial charge in [0.05, 0.1) is 6.54 Å². The van der Waals surface area contributed by atoms with Crippen LogP contribution in [0.2, 0.25) is 0 Å². The maximum absolute atomic E-state index is 12.9. The molecule has 1 aromatic carbocycles. The number of benzene rings is 1. The molecular formula is C19H33FN4O. The Hall–Kier alpha value is -1.82. The molecule has 0 aliphatic rings. The van der Waals surface area contributed by atoms with E-state index in [2.05, 4.69) is 41.4 Å². The second-order valence-corrected chi connectivity index (χ2v) is 6.54. The van der Waals surface area contributed by atoms with Gasteiger partial charge >= 0.3 is 0 Å². The van der Waals surface area contributed by atoms with Crippen LogP contribution < -0.4 is 15.4 Å². The molecule has 0 saturated carbocycles. The monoisotopic (exact) mass is 352 g/mol. The summed E-state index contributed by atoms with van der Waals surface area (Å²) in [6.07, 6.45) is 2.20. The summed E-state index contributed by atoms with van der Waals surface area (Å²) < 4.78 is 18.6. The molecule has 1 aromatic rings. The molecule has 0 aliphatic carbocycles. The molecule has 0 saturated heterocycles. The molecule has 0 radical (unpaired) electrons. The molecule has 0 spiro atoms. The Labute approximate surface area is 151 Å². The standard InChI is InChI=1S/C19H33FN4O/c1-15(2)24(5)13-7-6-12-22-19(21-4)23-14-16(3)25-18-10-8-17(20)9-11-18/h8-11,15-16H,6-7,12-14H2,1-5H3,(H2,21,22,23). The van der Waals surface area contributed by atoms with E-state index in [9.17, 15) is 4.39 Å². The summed E-state index contributed by atoms with van der Waals surface area (Å²) in [5.74, 6) is 1.17. The summed E-state index contributed by atoms with van der Waals surface area (Å²) in [5, 5.41) is 6.56. The molecule has 25 heavy (non-hydrogen) atoms. The normalized spacial score (nSPS) is 13.2. The Balaban J connectivity index is 2.19. The predicted molar refractivity (Wildman–Crippen MR) is 103 cm³/mol. The molecule has 6 heteroatoms. The highest BCUT2D eigenvalue weighted by atomic mass is 19.1. The van der Waals surface area contributed by atoms with E-state index in [1.54, 1.807) is 19.2 Å². The highest BCUT2D eigenvalue weighted by Crippen LogP contribution is 2.12. The Morgan fingerprint density at radius 1 is 1.16 bits per heavy atom. The number of nitrogens with one attached hydrogen (secondary N) is 2. The molecule has 1 unspecified atom stereocenters. The smallest absolute Gasteiger partial charge is 0.191 e. The van der Waals surface area contributed by atoms with E-state index in [0.717, 1.165) is 31.9 Å². The maximum Gasteiger partial charge on any atom is 0.191 e. The third-order valence-electron chi connectivity index (χ3n) is 4.04. The topological polar surface area (TPSA) is 48.9 Å². The van der Waals surface area contributed by atoms with Crippen LogP contribution >= 0.6 is 0 Å². The molecule has 0 aromatic heterocycles. The van der Waals surface area contributed by atoms with Gasteiger partial charge in [0.1, 0.15) is 17.7 Å². The van der Waals surface area contributed by atoms with E-state index in [1.807, 2.05) is 6.92 Å². The van der Waals surface area contributed by atoms with Gasteiger partial charge in [0.15, 0.2) is 5.96 Å². The summed E-state index contributed by atoms with van der Waals surface area (Å²) in [6.45, 7) is 8.99. The minimum atomic E-state index is -0.262. The Morgan fingerprint density at radius 2 is 1.84 bits per heavy atom. The van der Waals surface area contributed by atoms with E-state index < -0.39 is 0 Å². The lowest BCUT2D eigenvalue weighted by atomic mass is 10.2. The van der Waals surface area contributed by atoms with Crippen molar-refractivity contribution < 1.29 is 9.13 Å². The fourth-order valence-corrected chi connectivity index (χ4v) is 2.20. The molecule has 0 aliphatic heterocycles. The number of rotatable bonds is 10. The van der Waals surface area contributed by atoms with E-state index in [1.165, 1.54) is 12.1 Å². The number of halogens is 1. The summed E-state index contributed by atoms with van der Waals surface area (Å²) in [4.78, 5) is 6.57. The van der Waals surface area contributed by atoms with Gasteiger partial charge in [-0.25, -0.2) is 4.39 Å². The van der Waals surface area contributed by atoms with E-state index in [4.69, 9.17) is 4.74 Å². The van der Waals surface area contributed by atoms with Gasteiger partial charge < -0.3 is 20.3 Å². The van der Waals surface area contributed by atoms with Gasteiger partial charge in [0, 0.05) is 19.6 Å². The van der Waals surface area contributed by atoms with Crippen molar-refractivity contribution in [2.24, 2.45) is 4.99 Å². The minimum Gasteiger partial charge on any atom is -0.489 e. The van der Waals surface area contributed by atoms with Gasteiger partial charge in [-0.1, -0.05) is 0 Å². The number of guanidine groups is 1. The molecule has 0 amide bonds. The first-order valence-corrected chi connectivity index (χ1v) is 8.99. The van der Waals surface area contributed by atoms with Crippen molar-refractivity contribution in [3.05, 3.63) is 30.1 Å². The van der Waals surface area contributed by atoms with E-state index in [-0.39, 0.29) is 11.9 Å². The van der Waals surface area contributed by atoms with Gasteiger partial charge in [-0.3, -0.25) is 4.99 Å². The van der Waals surface area contributed by atoms with Crippen molar-refractivity contribution >= 4 is 5.96 Å². The van der Waals surface area contributed by atoms with Gasteiger partial charge in [0.2, 0.25) is 0 Å². The first-order valence-electron chi connectivity index (χ1n) is 8.99. The lowest BCUT2D eigenvalue weighted by Gasteiger charge is -2.21. The minimum absolute atomic E-state index is 0.0521. The SMILES string of the molecule is CN=C(NCCCCN(C)C(C)C)NCC(C)Oc1ccc(F)cc1. The summed E-state index contributed by atoms with van der Waals surface area (Å²) in [5.41, 5.74) is 0. The number of nitrogens with zero attached hydrogens (tertiary/aromatic N) is 2. The zero-order chi connectivity index (χ0) is 18.7. The number of aliphatic imine (C=N–C) groups is 1. The molecule has 1 atom stereocenters. The van der Waals surface area contributed by atoms with Crippen LogP contribution in [0.3, 0.4) is 0 Å². The first-order chi connectivity index (χ1) is 11.9. The molecular weight excluding hydrogens is 319 g/mol. The van der Waals surface area contributed by atoms with Crippen molar-refractivity contribution in [3.8, 4) is 5.75 Å². The van der Waals surface area contributed by atoms with Crippen LogP contribution in [0.1, 0.15) is 33.6 Å². The lowest BCUT2D eigenvalue weighted by molar-refractivity contribution is 0.223. The van der Waals surface area contributed by atoms with E-state index >= 15 is 0 Å². The van der Waals surface area contributed by atoms with Crippen LogP contribution in [0.5, 0.6) is 5.75 Å². The number of hydrogen-bond acceptors (Lipinski definition) is 3. The quantitative estimate of drug-likeness (QED) is 0.386.